The highest BCUT2D eigenvalue weighted by molar-refractivity contribution is 7.99. The molecule has 0 unspecified atom stereocenters. The van der Waals surface area contributed by atoms with E-state index in [0.29, 0.717) is 12.5 Å². The zero-order valence-electron chi connectivity index (χ0n) is 13.3. The van der Waals surface area contributed by atoms with Gasteiger partial charge in [-0.25, -0.2) is 0 Å². The van der Waals surface area contributed by atoms with Crippen LogP contribution in [-0.4, -0.2) is 20.5 Å². The van der Waals surface area contributed by atoms with Crippen molar-refractivity contribution in [2.75, 3.05) is 5.75 Å². The van der Waals surface area contributed by atoms with Crippen molar-refractivity contribution >= 4 is 23.1 Å². The van der Waals surface area contributed by atoms with Crippen LogP contribution < -0.4 is 0 Å². The van der Waals surface area contributed by atoms with Crippen LogP contribution in [0.5, 0.6) is 0 Å². The van der Waals surface area contributed by atoms with Gasteiger partial charge in [-0.2, -0.15) is 5.26 Å². The maximum Gasteiger partial charge on any atom is 0.191 e. The number of unbranched alkanes of at least 4 members (excludes halogenated alkanes) is 1. The standard InChI is InChI=1S/C17H22N4S2/c18-10-4-5-11-23-17-20-19-16(13-15-9-6-12-22-15)21(17)14-7-2-1-3-8-14/h6,9,12,14H,1-5,7-8,11,13H2. The Morgan fingerprint density at radius 1 is 1.30 bits per heavy atom. The van der Waals surface area contributed by atoms with E-state index in [4.69, 9.17) is 5.26 Å². The average molecular weight is 347 g/mol. The topological polar surface area (TPSA) is 54.5 Å². The van der Waals surface area contributed by atoms with Gasteiger partial charge in [-0.05, 0) is 30.7 Å². The largest absolute Gasteiger partial charge is 0.303 e. The van der Waals surface area contributed by atoms with Crippen molar-refractivity contribution in [3.05, 3.63) is 28.2 Å². The third kappa shape index (κ3) is 4.36. The van der Waals surface area contributed by atoms with E-state index in [1.165, 1.54) is 37.0 Å². The Morgan fingerprint density at radius 2 is 2.17 bits per heavy atom. The molecular formula is C17H22N4S2. The first-order chi connectivity index (χ1) is 11.4. The number of aromatic nitrogens is 3. The molecule has 3 rings (SSSR count). The minimum absolute atomic E-state index is 0.548. The fourth-order valence-electron chi connectivity index (χ4n) is 3.12. The molecule has 122 valence electrons. The molecule has 23 heavy (non-hydrogen) atoms. The van der Waals surface area contributed by atoms with Crippen LogP contribution in [0.25, 0.3) is 0 Å². The van der Waals surface area contributed by atoms with Crippen molar-refractivity contribution in [3.8, 4) is 6.07 Å². The van der Waals surface area contributed by atoms with Gasteiger partial charge in [0.25, 0.3) is 0 Å². The first-order valence-electron chi connectivity index (χ1n) is 8.34. The summed E-state index contributed by atoms with van der Waals surface area (Å²) in [7, 11) is 0. The van der Waals surface area contributed by atoms with E-state index in [9.17, 15) is 0 Å². The molecule has 0 spiro atoms. The normalized spacial score (nSPS) is 15.6. The smallest absolute Gasteiger partial charge is 0.191 e. The minimum atomic E-state index is 0.548. The fraction of sp³-hybridized carbons (Fsp3) is 0.588. The van der Waals surface area contributed by atoms with Gasteiger partial charge in [0.2, 0.25) is 0 Å². The van der Waals surface area contributed by atoms with E-state index >= 15 is 0 Å². The Kier molecular flexibility index (Phi) is 6.12. The number of thioether (sulfide) groups is 1. The lowest BCUT2D eigenvalue weighted by molar-refractivity contribution is 0.330. The molecule has 1 saturated carbocycles. The molecule has 1 fully saturated rings. The van der Waals surface area contributed by atoms with E-state index in [2.05, 4.69) is 38.3 Å². The van der Waals surface area contributed by atoms with Gasteiger partial charge in [-0.15, -0.1) is 21.5 Å². The lowest BCUT2D eigenvalue weighted by Crippen LogP contribution is -2.16. The lowest BCUT2D eigenvalue weighted by Gasteiger charge is -2.25. The molecule has 2 aromatic rings. The Balaban J connectivity index is 1.77. The SMILES string of the molecule is N#CCCCSc1nnc(Cc2cccs2)n1C1CCCCC1. The van der Waals surface area contributed by atoms with Gasteiger partial charge in [0, 0.05) is 29.5 Å². The molecule has 0 amide bonds. The molecular weight excluding hydrogens is 324 g/mol. The predicted molar refractivity (Wildman–Crippen MR) is 94.8 cm³/mol. The van der Waals surface area contributed by atoms with Crippen LogP contribution in [0.4, 0.5) is 0 Å². The summed E-state index contributed by atoms with van der Waals surface area (Å²) >= 11 is 3.54. The lowest BCUT2D eigenvalue weighted by atomic mass is 9.95. The van der Waals surface area contributed by atoms with E-state index in [-0.39, 0.29) is 0 Å². The molecule has 2 heterocycles. The number of thiophene rings is 1. The average Bonchev–Trinajstić information content (AvgIpc) is 3.23. The zero-order valence-corrected chi connectivity index (χ0v) is 14.9. The van der Waals surface area contributed by atoms with Gasteiger partial charge in [0.05, 0.1) is 6.07 Å². The molecule has 0 radical (unpaired) electrons. The quantitative estimate of drug-likeness (QED) is 0.532. The van der Waals surface area contributed by atoms with Crippen LogP contribution in [0.1, 0.15) is 61.7 Å². The van der Waals surface area contributed by atoms with Crippen molar-refractivity contribution in [1.29, 1.82) is 5.26 Å². The Labute approximate surface area is 145 Å². The molecule has 0 aromatic carbocycles. The second-order valence-electron chi connectivity index (χ2n) is 5.93. The molecule has 0 atom stereocenters. The van der Waals surface area contributed by atoms with Gasteiger partial charge < -0.3 is 4.57 Å². The van der Waals surface area contributed by atoms with E-state index < -0.39 is 0 Å². The molecule has 4 nitrogen and oxygen atoms in total. The summed E-state index contributed by atoms with van der Waals surface area (Å²) in [5.41, 5.74) is 0. The highest BCUT2D eigenvalue weighted by Gasteiger charge is 2.23. The molecule has 0 bridgehead atoms. The summed E-state index contributed by atoms with van der Waals surface area (Å²) in [4.78, 5) is 1.34. The van der Waals surface area contributed by atoms with Gasteiger partial charge in [-0.3, -0.25) is 0 Å². The summed E-state index contributed by atoms with van der Waals surface area (Å²) in [6.45, 7) is 0. The van der Waals surface area contributed by atoms with Gasteiger partial charge in [-0.1, -0.05) is 37.1 Å². The van der Waals surface area contributed by atoms with Crippen LogP contribution >= 0.6 is 23.1 Å². The van der Waals surface area contributed by atoms with Crippen LogP contribution in [0.15, 0.2) is 22.7 Å². The number of rotatable bonds is 7. The molecule has 1 aliphatic carbocycles. The second kappa shape index (κ2) is 8.51. The van der Waals surface area contributed by atoms with Crippen molar-refractivity contribution in [2.45, 2.75) is 62.6 Å². The van der Waals surface area contributed by atoms with Crippen LogP contribution in [-0.2, 0) is 6.42 Å². The molecule has 2 aromatic heterocycles. The van der Waals surface area contributed by atoms with Gasteiger partial charge in [0.15, 0.2) is 5.16 Å². The Hall–Kier alpha value is -1.32. The minimum Gasteiger partial charge on any atom is -0.303 e. The maximum atomic E-state index is 8.68. The first-order valence-corrected chi connectivity index (χ1v) is 10.2. The summed E-state index contributed by atoms with van der Waals surface area (Å²) in [6.07, 6.45) is 8.84. The number of hydrogen-bond donors (Lipinski definition) is 0. The monoisotopic (exact) mass is 346 g/mol. The Morgan fingerprint density at radius 3 is 2.91 bits per heavy atom. The molecule has 0 saturated heterocycles. The molecule has 0 aliphatic heterocycles. The zero-order chi connectivity index (χ0) is 15.9. The summed E-state index contributed by atoms with van der Waals surface area (Å²) in [6, 6.07) is 7.03. The number of nitrogens with zero attached hydrogens (tertiary/aromatic N) is 4. The van der Waals surface area contributed by atoms with Gasteiger partial charge >= 0.3 is 0 Å². The predicted octanol–water partition coefficient (Wildman–Crippen LogP) is 4.83. The van der Waals surface area contributed by atoms with Crippen molar-refractivity contribution in [1.82, 2.24) is 14.8 Å². The van der Waals surface area contributed by atoms with E-state index in [1.807, 2.05) is 0 Å². The number of nitriles is 1. The van der Waals surface area contributed by atoms with Crippen LogP contribution in [0.2, 0.25) is 0 Å². The van der Waals surface area contributed by atoms with Crippen LogP contribution in [0, 0.1) is 11.3 Å². The van der Waals surface area contributed by atoms with Crippen molar-refractivity contribution in [2.24, 2.45) is 0 Å². The molecule has 0 N–H and O–H groups in total. The number of hydrogen-bond acceptors (Lipinski definition) is 5. The van der Waals surface area contributed by atoms with Gasteiger partial charge in [0.1, 0.15) is 5.82 Å². The molecule has 1 aliphatic rings. The van der Waals surface area contributed by atoms with Crippen molar-refractivity contribution in [3.63, 3.8) is 0 Å². The summed E-state index contributed by atoms with van der Waals surface area (Å²) < 4.78 is 2.40. The fourth-order valence-corrected chi connectivity index (χ4v) is 4.78. The third-order valence-electron chi connectivity index (χ3n) is 4.25. The maximum absolute atomic E-state index is 8.68. The third-order valence-corrected chi connectivity index (χ3v) is 6.16. The van der Waals surface area contributed by atoms with E-state index in [0.717, 1.165) is 29.6 Å². The highest BCUT2D eigenvalue weighted by atomic mass is 32.2. The Bertz CT molecular complexity index is 636. The van der Waals surface area contributed by atoms with E-state index in [1.54, 1.807) is 23.1 Å². The second-order valence-corrected chi connectivity index (χ2v) is 8.02. The van der Waals surface area contributed by atoms with Crippen LogP contribution in [0.3, 0.4) is 0 Å². The van der Waals surface area contributed by atoms with Crippen molar-refractivity contribution < 1.29 is 0 Å². The summed E-state index contributed by atoms with van der Waals surface area (Å²) in [5, 5.41) is 20.8. The first kappa shape index (κ1) is 16.5. The highest BCUT2D eigenvalue weighted by Crippen LogP contribution is 2.33. The summed E-state index contributed by atoms with van der Waals surface area (Å²) in [5.74, 6) is 2.04. The molecule has 6 heteroatoms.